The maximum Gasteiger partial charge on any atom is 0.234 e. The second kappa shape index (κ2) is 6.23. The Hall–Kier alpha value is -2.27. The van der Waals surface area contributed by atoms with E-state index in [9.17, 15) is 9.59 Å². The van der Waals surface area contributed by atoms with Crippen LogP contribution in [0.2, 0.25) is 0 Å². The minimum absolute atomic E-state index is 0.0132. The molecule has 5 heteroatoms. The molecule has 0 saturated carbocycles. The molecule has 0 bridgehead atoms. The van der Waals surface area contributed by atoms with Gasteiger partial charge in [0.05, 0.1) is 17.9 Å². The Labute approximate surface area is 133 Å². The van der Waals surface area contributed by atoms with Crippen LogP contribution in [0.1, 0.15) is 11.1 Å². The second-order valence-corrected chi connectivity index (χ2v) is 6.28. The predicted molar refractivity (Wildman–Crippen MR) is 89.3 cm³/mol. The summed E-state index contributed by atoms with van der Waals surface area (Å²) in [4.78, 5) is 24.6. The van der Waals surface area contributed by atoms with E-state index in [1.165, 1.54) is 11.8 Å². The molecule has 0 radical (unpaired) electrons. The van der Waals surface area contributed by atoms with E-state index in [1.54, 1.807) is 6.07 Å². The van der Waals surface area contributed by atoms with E-state index in [2.05, 4.69) is 10.6 Å². The molecule has 2 amide bonds. The lowest BCUT2D eigenvalue weighted by molar-refractivity contribution is -0.115. The van der Waals surface area contributed by atoms with E-state index < -0.39 is 0 Å². The highest BCUT2D eigenvalue weighted by Crippen LogP contribution is 2.33. The van der Waals surface area contributed by atoms with E-state index in [1.807, 2.05) is 43.3 Å². The van der Waals surface area contributed by atoms with Crippen LogP contribution in [0.4, 0.5) is 11.4 Å². The van der Waals surface area contributed by atoms with Crippen molar-refractivity contribution < 1.29 is 9.59 Å². The van der Waals surface area contributed by atoms with Crippen molar-refractivity contribution in [2.75, 3.05) is 16.4 Å². The molecular weight excluding hydrogens is 296 g/mol. The van der Waals surface area contributed by atoms with Gasteiger partial charge in [-0.1, -0.05) is 29.8 Å². The molecule has 22 heavy (non-hydrogen) atoms. The Bertz CT molecular complexity index is 743. The lowest BCUT2D eigenvalue weighted by Crippen LogP contribution is -2.19. The van der Waals surface area contributed by atoms with Crippen LogP contribution in [0.5, 0.6) is 0 Å². The zero-order valence-electron chi connectivity index (χ0n) is 12.2. The molecule has 2 N–H and O–H groups in total. The Balaban J connectivity index is 1.69. The molecule has 0 fully saturated rings. The first kappa shape index (κ1) is 14.7. The molecule has 1 heterocycles. The molecule has 2 aromatic rings. The van der Waals surface area contributed by atoms with Gasteiger partial charge in [-0.15, -0.1) is 11.8 Å². The lowest BCUT2D eigenvalue weighted by Gasteiger charge is -2.17. The van der Waals surface area contributed by atoms with Gasteiger partial charge in [0.1, 0.15) is 0 Å². The average Bonchev–Trinajstić information content (AvgIpc) is 2.46. The number of rotatable bonds is 3. The number of hydrogen-bond acceptors (Lipinski definition) is 3. The summed E-state index contributed by atoms with van der Waals surface area (Å²) >= 11 is 1.50. The highest BCUT2D eigenvalue weighted by molar-refractivity contribution is 8.00. The standard InChI is InChI=1S/C17H16N2O2S/c1-11-3-2-4-12(7-11)8-16(20)18-13-5-6-15-14(9-13)19-17(21)10-22-15/h2-7,9H,8,10H2,1H3,(H,18,20)(H,19,21). The van der Waals surface area contributed by atoms with Gasteiger partial charge in [-0.05, 0) is 30.7 Å². The van der Waals surface area contributed by atoms with Crippen LogP contribution in [0.3, 0.4) is 0 Å². The summed E-state index contributed by atoms with van der Waals surface area (Å²) in [6.45, 7) is 2.01. The van der Waals surface area contributed by atoms with Crippen LogP contribution in [-0.2, 0) is 16.0 Å². The molecule has 1 aliphatic heterocycles. The van der Waals surface area contributed by atoms with Crippen molar-refractivity contribution in [3.63, 3.8) is 0 Å². The second-order valence-electron chi connectivity index (χ2n) is 5.26. The fourth-order valence-corrected chi connectivity index (χ4v) is 3.16. The molecule has 0 spiro atoms. The minimum atomic E-state index is -0.0691. The maximum atomic E-state index is 12.1. The fourth-order valence-electron chi connectivity index (χ4n) is 2.37. The van der Waals surface area contributed by atoms with E-state index in [-0.39, 0.29) is 11.8 Å². The first-order chi connectivity index (χ1) is 10.6. The van der Waals surface area contributed by atoms with Gasteiger partial charge in [0.25, 0.3) is 0 Å². The van der Waals surface area contributed by atoms with Gasteiger partial charge in [-0.3, -0.25) is 9.59 Å². The van der Waals surface area contributed by atoms with E-state index in [0.29, 0.717) is 17.9 Å². The number of nitrogens with one attached hydrogen (secondary N) is 2. The first-order valence-corrected chi connectivity index (χ1v) is 8.01. The zero-order chi connectivity index (χ0) is 15.5. The molecule has 0 aliphatic carbocycles. The fraction of sp³-hybridized carbons (Fsp3) is 0.176. The Kier molecular flexibility index (Phi) is 4.15. The van der Waals surface area contributed by atoms with Crippen molar-refractivity contribution in [1.29, 1.82) is 0 Å². The number of carbonyl (C=O) groups is 2. The number of anilines is 2. The summed E-state index contributed by atoms with van der Waals surface area (Å²) in [7, 11) is 0. The third-order valence-electron chi connectivity index (χ3n) is 3.34. The van der Waals surface area contributed by atoms with Gasteiger partial charge in [0.2, 0.25) is 11.8 Å². The molecule has 112 valence electrons. The molecule has 0 saturated heterocycles. The molecular formula is C17H16N2O2S. The summed E-state index contributed by atoms with van der Waals surface area (Å²) in [5, 5.41) is 5.69. The Morgan fingerprint density at radius 2 is 2.14 bits per heavy atom. The number of fused-ring (bicyclic) bond motifs is 1. The normalized spacial score (nSPS) is 13.2. The number of benzene rings is 2. The topological polar surface area (TPSA) is 58.2 Å². The van der Waals surface area contributed by atoms with Gasteiger partial charge in [0.15, 0.2) is 0 Å². The number of hydrogen-bond donors (Lipinski definition) is 2. The first-order valence-electron chi connectivity index (χ1n) is 7.02. The summed E-state index contributed by atoms with van der Waals surface area (Å²) < 4.78 is 0. The van der Waals surface area contributed by atoms with Gasteiger partial charge < -0.3 is 10.6 Å². The molecule has 0 atom stereocenters. The van der Waals surface area contributed by atoms with Crippen molar-refractivity contribution in [2.24, 2.45) is 0 Å². The maximum absolute atomic E-state index is 12.1. The van der Waals surface area contributed by atoms with Crippen molar-refractivity contribution in [1.82, 2.24) is 0 Å². The van der Waals surface area contributed by atoms with Crippen LogP contribution in [0.15, 0.2) is 47.4 Å². The van der Waals surface area contributed by atoms with Crippen LogP contribution < -0.4 is 10.6 Å². The Morgan fingerprint density at radius 1 is 1.27 bits per heavy atom. The van der Waals surface area contributed by atoms with Crippen LogP contribution in [0.25, 0.3) is 0 Å². The summed E-state index contributed by atoms with van der Waals surface area (Å²) in [6.07, 6.45) is 0.333. The molecule has 0 aromatic heterocycles. The predicted octanol–water partition coefficient (Wildman–Crippen LogP) is 3.22. The third kappa shape index (κ3) is 3.49. The van der Waals surface area contributed by atoms with Crippen molar-refractivity contribution >= 4 is 35.0 Å². The largest absolute Gasteiger partial charge is 0.326 e. The molecule has 2 aromatic carbocycles. The van der Waals surface area contributed by atoms with Crippen LogP contribution in [0, 0.1) is 6.92 Å². The van der Waals surface area contributed by atoms with Crippen molar-refractivity contribution in [3.05, 3.63) is 53.6 Å². The summed E-state index contributed by atoms with van der Waals surface area (Å²) in [5.41, 5.74) is 3.58. The van der Waals surface area contributed by atoms with Gasteiger partial charge in [0, 0.05) is 10.6 Å². The molecule has 1 aliphatic rings. The third-order valence-corrected chi connectivity index (χ3v) is 4.42. The average molecular weight is 312 g/mol. The van der Waals surface area contributed by atoms with Crippen LogP contribution in [-0.4, -0.2) is 17.6 Å². The number of thioether (sulfide) groups is 1. The number of carbonyl (C=O) groups excluding carboxylic acids is 2. The minimum Gasteiger partial charge on any atom is -0.326 e. The number of amides is 2. The smallest absolute Gasteiger partial charge is 0.234 e. The highest BCUT2D eigenvalue weighted by Gasteiger charge is 2.16. The van der Waals surface area contributed by atoms with Gasteiger partial charge in [-0.25, -0.2) is 0 Å². The van der Waals surface area contributed by atoms with E-state index >= 15 is 0 Å². The van der Waals surface area contributed by atoms with Crippen molar-refractivity contribution in [3.8, 4) is 0 Å². The SMILES string of the molecule is Cc1cccc(CC(=O)Nc2ccc3c(c2)NC(=O)CS3)c1. The molecule has 0 unspecified atom stereocenters. The monoisotopic (exact) mass is 312 g/mol. The quantitative estimate of drug-likeness (QED) is 0.915. The lowest BCUT2D eigenvalue weighted by atomic mass is 10.1. The molecule has 3 rings (SSSR count). The van der Waals surface area contributed by atoms with Crippen molar-refractivity contribution in [2.45, 2.75) is 18.2 Å². The van der Waals surface area contributed by atoms with Gasteiger partial charge in [-0.2, -0.15) is 0 Å². The van der Waals surface area contributed by atoms with Gasteiger partial charge >= 0.3 is 0 Å². The molecule has 4 nitrogen and oxygen atoms in total. The van der Waals surface area contributed by atoms with E-state index in [0.717, 1.165) is 21.7 Å². The number of aryl methyl sites for hydroxylation is 1. The van der Waals surface area contributed by atoms with Crippen LogP contribution >= 0.6 is 11.8 Å². The summed E-state index contributed by atoms with van der Waals surface area (Å²) in [6, 6.07) is 13.5. The zero-order valence-corrected chi connectivity index (χ0v) is 13.0. The Morgan fingerprint density at radius 3 is 2.95 bits per heavy atom. The highest BCUT2D eigenvalue weighted by atomic mass is 32.2. The van der Waals surface area contributed by atoms with E-state index in [4.69, 9.17) is 0 Å². The summed E-state index contributed by atoms with van der Waals surface area (Å²) in [5.74, 6) is 0.354.